The van der Waals surface area contributed by atoms with Crippen molar-refractivity contribution in [3.8, 4) is 5.75 Å². The summed E-state index contributed by atoms with van der Waals surface area (Å²) in [7, 11) is 0. The number of carbonyl (C=O) groups excluding carboxylic acids is 1. The summed E-state index contributed by atoms with van der Waals surface area (Å²) >= 11 is 1.17. The first kappa shape index (κ1) is 19.7. The predicted molar refractivity (Wildman–Crippen MR) is 111 cm³/mol. The van der Waals surface area contributed by atoms with Gasteiger partial charge >= 0.3 is 5.97 Å². The molecule has 1 amide bonds. The van der Waals surface area contributed by atoms with Gasteiger partial charge in [0.15, 0.2) is 5.17 Å². The van der Waals surface area contributed by atoms with Gasteiger partial charge in [0.1, 0.15) is 5.75 Å². The number of thioether (sulfide) groups is 1. The maximum absolute atomic E-state index is 12.4. The highest BCUT2D eigenvalue weighted by Crippen LogP contribution is 2.31. The van der Waals surface area contributed by atoms with Crippen LogP contribution >= 0.6 is 11.8 Å². The Morgan fingerprint density at radius 2 is 2.07 bits per heavy atom. The highest BCUT2D eigenvalue weighted by Gasteiger charge is 2.25. The van der Waals surface area contributed by atoms with E-state index in [0.717, 1.165) is 17.5 Å². The Kier molecular flexibility index (Phi) is 6.16. The third-order valence-electron chi connectivity index (χ3n) is 3.92. The zero-order chi connectivity index (χ0) is 20.1. The molecule has 3 rings (SSSR count). The molecule has 0 aromatic heterocycles. The molecule has 144 valence electrons. The van der Waals surface area contributed by atoms with Crippen LogP contribution in [0.2, 0.25) is 0 Å². The van der Waals surface area contributed by atoms with Crippen LogP contribution < -0.4 is 10.1 Å². The minimum Gasteiger partial charge on any atom is -0.493 e. The van der Waals surface area contributed by atoms with E-state index in [1.807, 2.05) is 38.1 Å². The number of para-hydroxylation sites is 1. The molecule has 0 saturated carbocycles. The molecule has 0 spiro atoms. The normalized spacial score (nSPS) is 16.4. The Hall–Kier alpha value is -3.06. The summed E-state index contributed by atoms with van der Waals surface area (Å²) in [5, 5.41) is 12.4. The number of nitrogens with one attached hydrogen (secondary N) is 1. The van der Waals surface area contributed by atoms with E-state index in [4.69, 9.17) is 4.74 Å². The number of aliphatic imine (C=N–C) groups is 1. The Morgan fingerprint density at radius 1 is 1.29 bits per heavy atom. The number of ether oxygens (including phenoxy) is 1. The lowest BCUT2D eigenvalue weighted by atomic mass is 10.1. The zero-order valence-electron chi connectivity index (χ0n) is 15.6. The lowest BCUT2D eigenvalue weighted by molar-refractivity contribution is -0.115. The molecule has 6 nitrogen and oxygen atoms in total. The number of hydrogen-bond donors (Lipinski definition) is 2. The van der Waals surface area contributed by atoms with Gasteiger partial charge in [0.25, 0.3) is 5.91 Å². The first-order chi connectivity index (χ1) is 13.5. The third-order valence-corrected chi connectivity index (χ3v) is 4.83. The molecule has 2 aromatic carbocycles. The van der Waals surface area contributed by atoms with Crippen LogP contribution in [0.5, 0.6) is 5.75 Å². The van der Waals surface area contributed by atoms with Crippen molar-refractivity contribution in [2.45, 2.75) is 20.3 Å². The average molecular weight is 396 g/mol. The molecule has 2 N–H and O–H groups in total. The molecule has 1 aliphatic heterocycles. The molecule has 28 heavy (non-hydrogen) atoms. The van der Waals surface area contributed by atoms with Gasteiger partial charge in [-0.1, -0.05) is 31.2 Å². The van der Waals surface area contributed by atoms with Crippen molar-refractivity contribution in [3.63, 3.8) is 0 Å². The smallest absolute Gasteiger partial charge is 0.337 e. The third kappa shape index (κ3) is 4.61. The van der Waals surface area contributed by atoms with E-state index in [9.17, 15) is 14.7 Å². The maximum atomic E-state index is 12.4. The Balaban J connectivity index is 1.89. The van der Waals surface area contributed by atoms with Gasteiger partial charge in [-0.3, -0.25) is 4.79 Å². The lowest BCUT2D eigenvalue weighted by Crippen LogP contribution is -2.19. The van der Waals surface area contributed by atoms with Crippen LogP contribution in [0.15, 0.2) is 52.4 Å². The second-order valence-electron chi connectivity index (χ2n) is 6.19. The number of benzene rings is 2. The van der Waals surface area contributed by atoms with Crippen LogP contribution in [0.3, 0.4) is 0 Å². The topological polar surface area (TPSA) is 88.0 Å². The first-order valence-corrected chi connectivity index (χ1v) is 9.65. The maximum Gasteiger partial charge on any atom is 0.337 e. The fraction of sp³-hybridized carbons (Fsp3) is 0.190. The van der Waals surface area contributed by atoms with Crippen LogP contribution in [0.1, 0.15) is 34.8 Å². The molecule has 0 unspecified atom stereocenters. The molecule has 0 radical (unpaired) electrons. The second kappa shape index (κ2) is 8.75. The highest BCUT2D eigenvalue weighted by molar-refractivity contribution is 8.18. The van der Waals surface area contributed by atoms with Gasteiger partial charge in [-0.15, -0.1) is 0 Å². The number of aromatic carboxylic acids is 1. The Labute approximate surface area is 167 Å². The summed E-state index contributed by atoms with van der Waals surface area (Å²) in [6.07, 6.45) is 2.64. The van der Waals surface area contributed by atoms with E-state index in [1.165, 1.54) is 17.8 Å². The summed E-state index contributed by atoms with van der Waals surface area (Å²) in [6.45, 7) is 4.48. The number of aryl methyl sites for hydroxylation is 1. The van der Waals surface area contributed by atoms with Gasteiger partial charge in [-0.25, -0.2) is 9.79 Å². The molecule has 0 atom stereocenters. The van der Waals surface area contributed by atoms with Gasteiger partial charge in [-0.2, -0.15) is 0 Å². The lowest BCUT2D eigenvalue weighted by Gasteiger charge is -2.07. The fourth-order valence-corrected chi connectivity index (χ4v) is 3.42. The Morgan fingerprint density at radius 3 is 2.82 bits per heavy atom. The molecule has 2 aromatic rings. The van der Waals surface area contributed by atoms with Crippen molar-refractivity contribution in [1.29, 1.82) is 0 Å². The molecule has 1 aliphatic rings. The van der Waals surface area contributed by atoms with E-state index in [1.54, 1.807) is 18.2 Å². The number of carboxylic acid groups (broad SMARTS) is 1. The van der Waals surface area contributed by atoms with E-state index in [-0.39, 0.29) is 11.5 Å². The van der Waals surface area contributed by atoms with Gasteiger partial charge in [0.05, 0.1) is 22.8 Å². The van der Waals surface area contributed by atoms with Crippen molar-refractivity contribution in [3.05, 3.63) is 64.1 Å². The van der Waals surface area contributed by atoms with Crippen molar-refractivity contribution < 1.29 is 19.4 Å². The first-order valence-electron chi connectivity index (χ1n) is 8.83. The Bertz CT molecular complexity index is 982. The summed E-state index contributed by atoms with van der Waals surface area (Å²) < 4.78 is 5.73. The number of carbonyl (C=O) groups is 2. The summed E-state index contributed by atoms with van der Waals surface area (Å²) in [4.78, 5) is 28.6. The second-order valence-corrected chi connectivity index (χ2v) is 7.22. The van der Waals surface area contributed by atoms with E-state index >= 15 is 0 Å². The van der Waals surface area contributed by atoms with Gasteiger partial charge in [0, 0.05) is 5.56 Å². The number of nitrogens with zero attached hydrogens (tertiary/aromatic N) is 1. The SMILES string of the molecule is CCCOc1ccccc1/C=C1\SC(=Nc2cc(C)ccc2C(=O)O)NC1=O. The van der Waals surface area contributed by atoms with Crippen LogP contribution in [-0.4, -0.2) is 28.8 Å². The van der Waals surface area contributed by atoms with E-state index < -0.39 is 5.97 Å². The quantitative estimate of drug-likeness (QED) is 0.708. The molecule has 1 heterocycles. The minimum absolute atomic E-state index is 0.0867. The molecular weight excluding hydrogens is 376 g/mol. The summed E-state index contributed by atoms with van der Waals surface area (Å²) in [6, 6.07) is 12.4. The van der Waals surface area contributed by atoms with Crippen LogP contribution in [0, 0.1) is 6.92 Å². The van der Waals surface area contributed by atoms with Gasteiger partial charge in [0.2, 0.25) is 0 Å². The number of hydrogen-bond acceptors (Lipinski definition) is 5. The van der Waals surface area contributed by atoms with Crippen molar-refractivity contribution in [1.82, 2.24) is 5.32 Å². The molecule has 1 saturated heterocycles. The molecule has 0 aliphatic carbocycles. The van der Waals surface area contributed by atoms with Crippen molar-refractivity contribution in [2.24, 2.45) is 4.99 Å². The van der Waals surface area contributed by atoms with Crippen molar-refractivity contribution in [2.75, 3.05) is 6.61 Å². The molecule has 0 bridgehead atoms. The van der Waals surface area contributed by atoms with Gasteiger partial charge in [-0.05, 0) is 54.9 Å². The number of amidine groups is 1. The number of carboxylic acids is 1. The number of rotatable bonds is 6. The average Bonchev–Trinajstić information content (AvgIpc) is 2.99. The standard InChI is InChI=1S/C21H20N2O4S/c1-3-10-27-17-7-5-4-6-14(17)12-18-19(24)23-21(28-18)22-16-11-13(2)8-9-15(16)20(25)26/h4-9,11-12H,3,10H2,1-2H3,(H,25,26)(H,22,23,24)/b18-12-. The van der Waals surface area contributed by atoms with E-state index in [2.05, 4.69) is 10.3 Å². The highest BCUT2D eigenvalue weighted by atomic mass is 32.2. The number of amides is 1. The van der Waals surface area contributed by atoms with E-state index in [0.29, 0.717) is 28.1 Å². The summed E-state index contributed by atoms with van der Waals surface area (Å²) in [5.74, 6) is -0.632. The molecule has 7 heteroatoms. The van der Waals surface area contributed by atoms with Gasteiger partial charge < -0.3 is 15.2 Å². The van der Waals surface area contributed by atoms with Crippen LogP contribution in [0.4, 0.5) is 5.69 Å². The largest absolute Gasteiger partial charge is 0.493 e. The molecular formula is C21H20N2O4S. The van der Waals surface area contributed by atoms with Crippen molar-refractivity contribution >= 4 is 40.6 Å². The van der Waals surface area contributed by atoms with Crippen LogP contribution in [0.25, 0.3) is 6.08 Å². The minimum atomic E-state index is -1.06. The summed E-state index contributed by atoms with van der Waals surface area (Å²) in [5.41, 5.74) is 2.08. The molecule has 1 fully saturated rings. The monoisotopic (exact) mass is 396 g/mol. The predicted octanol–water partition coefficient (Wildman–Crippen LogP) is 4.37. The fourth-order valence-electron chi connectivity index (χ4n) is 2.59. The zero-order valence-corrected chi connectivity index (χ0v) is 16.4. The van der Waals surface area contributed by atoms with Crippen LogP contribution in [-0.2, 0) is 4.79 Å².